The van der Waals surface area contributed by atoms with Crippen LogP contribution in [-0.2, 0) is 19.1 Å². The largest absolute Gasteiger partial charge is 0.508 e. The number of benzene rings is 1. The Kier molecular flexibility index (Phi) is 12.6. The third kappa shape index (κ3) is 9.53. The molecular formula is C40H53N5O8. The lowest BCUT2D eigenvalue weighted by atomic mass is 9.54. The number of rotatable bonds is 15. The topological polar surface area (TPSA) is 187 Å². The Morgan fingerprint density at radius 3 is 2.42 bits per heavy atom. The first-order valence-electron chi connectivity index (χ1n) is 19.2. The second-order valence-electron chi connectivity index (χ2n) is 14.8. The Morgan fingerprint density at radius 2 is 1.74 bits per heavy atom. The van der Waals surface area contributed by atoms with Crippen molar-refractivity contribution in [2.75, 3.05) is 32.0 Å². The van der Waals surface area contributed by atoms with Crippen LogP contribution in [0.2, 0.25) is 0 Å². The molecule has 0 spiro atoms. The number of carbonyl (C=O) groups excluding carboxylic acids is 2. The van der Waals surface area contributed by atoms with E-state index in [1.165, 1.54) is 48.4 Å². The van der Waals surface area contributed by atoms with Crippen LogP contribution in [0.25, 0.3) is 5.76 Å². The number of allylic oxidation sites excluding steroid dienone is 1. The Morgan fingerprint density at radius 1 is 1.02 bits per heavy atom. The number of nitrogens with one attached hydrogen (secondary N) is 2. The molecular weight excluding hydrogens is 678 g/mol. The van der Waals surface area contributed by atoms with E-state index >= 15 is 0 Å². The average Bonchev–Trinajstić information content (AvgIpc) is 3.49. The highest BCUT2D eigenvalue weighted by Gasteiger charge is 2.47. The number of aromatic nitrogens is 2. The van der Waals surface area contributed by atoms with Crippen LogP contribution in [-0.4, -0.2) is 70.1 Å². The van der Waals surface area contributed by atoms with Crippen molar-refractivity contribution < 1.29 is 34.0 Å². The van der Waals surface area contributed by atoms with Gasteiger partial charge in [-0.1, -0.05) is 18.8 Å². The fourth-order valence-electron chi connectivity index (χ4n) is 8.73. The molecule has 53 heavy (non-hydrogen) atoms. The van der Waals surface area contributed by atoms with Gasteiger partial charge < -0.3 is 40.8 Å². The van der Waals surface area contributed by atoms with Crippen molar-refractivity contribution in [2.24, 2.45) is 23.7 Å². The predicted molar refractivity (Wildman–Crippen MR) is 198 cm³/mol. The lowest BCUT2D eigenvalue weighted by molar-refractivity contribution is -0.122. The third-order valence-corrected chi connectivity index (χ3v) is 10.9. The monoisotopic (exact) mass is 731 g/mol. The number of hydrogen-bond acceptors (Lipinski definition) is 10. The molecule has 1 saturated heterocycles. The molecule has 6 N–H and O–H groups in total. The zero-order chi connectivity index (χ0) is 37.5. The molecule has 4 saturated carbocycles. The standard InChI is InChI=1S/C40H53N5O8/c1-3-33-32(47)22-36(53-33)45-23-26(39(41)44-40(45)50)8-6-11-42-34(48)9-5-10-35(49)43-12-7-13-52-31-20-29(19-30(46)21-31)38(51-4-2)37-27-15-24-14-25(17-27)18-28(37)16-24/h19-21,23-25,27-28,32-33,36,46-47H,3-5,7,9-18,22H2,1-2H3,(H,42,48)(H,43,49)(H2,41,44,50). The number of phenols is 1. The summed E-state index contributed by atoms with van der Waals surface area (Å²) in [7, 11) is 0. The van der Waals surface area contributed by atoms with Gasteiger partial charge in [0.1, 0.15) is 29.3 Å². The molecule has 4 bridgehead atoms. The summed E-state index contributed by atoms with van der Waals surface area (Å²) in [6.07, 6.45) is 8.33. The van der Waals surface area contributed by atoms with Gasteiger partial charge in [-0.25, -0.2) is 4.79 Å². The Labute approximate surface area is 310 Å². The number of aliphatic hydroxyl groups excluding tert-OH is 1. The number of carbonyl (C=O) groups is 2. The van der Waals surface area contributed by atoms with E-state index in [1.54, 1.807) is 12.1 Å². The molecule has 2 aromatic rings. The Hall–Kier alpha value is -4.54. The molecule has 13 heteroatoms. The van der Waals surface area contributed by atoms with Gasteiger partial charge in [-0.2, -0.15) is 4.98 Å². The van der Waals surface area contributed by atoms with Gasteiger partial charge in [0, 0.05) is 43.6 Å². The van der Waals surface area contributed by atoms with Gasteiger partial charge >= 0.3 is 5.69 Å². The third-order valence-electron chi connectivity index (χ3n) is 10.9. The summed E-state index contributed by atoms with van der Waals surface area (Å²) in [4.78, 5) is 40.9. The summed E-state index contributed by atoms with van der Waals surface area (Å²) >= 11 is 0. The van der Waals surface area contributed by atoms with Gasteiger partial charge in [0.2, 0.25) is 11.8 Å². The second kappa shape index (κ2) is 17.5. The van der Waals surface area contributed by atoms with Crippen molar-refractivity contribution in [3.8, 4) is 23.3 Å². The average molecular weight is 732 g/mol. The van der Waals surface area contributed by atoms with Crippen molar-refractivity contribution in [3.63, 3.8) is 0 Å². The summed E-state index contributed by atoms with van der Waals surface area (Å²) < 4.78 is 19.3. The first-order chi connectivity index (χ1) is 25.6. The quantitative estimate of drug-likeness (QED) is 0.102. The lowest BCUT2D eigenvalue weighted by Gasteiger charge is -2.51. The molecule has 1 aromatic carbocycles. The van der Waals surface area contributed by atoms with E-state index in [0.29, 0.717) is 62.2 Å². The lowest BCUT2D eigenvalue weighted by Crippen LogP contribution is -2.41. The molecule has 5 aliphatic rings. The van der Waals surface area contributed by atoms with Crippen molar-refractivity contribution in [1.82, 2.24) is 20.2 Å². The number of phenolic OH excluding ortho intramolecular Hbond substituents is 1. The number of hydrogen-bond donors (Lipinski definition) is 5. The fraction of sp³-hybridized carbons (Fsp3) is 0.600. The summed E-state index contributed by atoms with van der Waals surface area (Å²) in [5.41, 5.74) is 7.91. The SMILES string of the molecule is CCOC(=C1C2CC3CC(C2)CC1C3)c1cc(O)cc(OCCCNC(=O)CCCC(=O)NCC#Cc2cn(C3CC(O)C(CC)O3)c(=O)nc2N)c1. The highest BCUT2D eigenvalue weighted by molar-refractivity contribution is 5.79. The first kappa shape index (κ1) is 38.2. The van der Waals surface area contributed by atoms with Crippen molar-refractivity contribution >= 4 is 23.4 Å². The number of ether oxygens (including phenoxy) is 3. The summed E-state index contributed by atoms with van der Waals surface area (Å²) in [6, 6.07) is 5.33. The summed E-state index contributed by atoms with van der Waals surface area (Å²) in [6.45, 7) is 5.29. The minimum Gasteiger partial charge on any atom is -0.508 e. The van der Waals surface area contributed by atoms with E-state index in [1.807, 2.05) is 19.9 Å². The van der Waals surface area contributed by atoms with E-state index in [9.17, 15) is 24.6 Å². The van der Waals surface area contributed by atoms with Gasteiger partial charge in [0.15, 0.2) is 0 Å². The minimum atomic E-state index is -0.676. The van der Waals surface area contributed by atoms with Crippen molar-refractivity contribution in [2.45, 2.75) is 103 Å². The van der Waals surface area contributed by atoms with E-state index in [0.717, 1.165) is 23.2 Å². The molecule has 2 heterocycles. The van der Waals surface area contributed by atoms with Crippen LogP contribution in [0.1, 0.15) is 102 Å². The number of amides is 2. The number of aliphatic hydroxyl groups is 1. The normalized spacial score (nSPS) is 25.4. The zero-order valence-corrected chi connectivity index (χ0v) is 30.8. The first-order valence-corrected chi connectivity index (χ1v) is 19.2. The second-order valence-corrected chi connectivity index (χ2v) is 14.8. The molecule has 1 aliphatic heterocycles. The van der Waals surface area contributed by atoms with Crippen LogP contribution in [0.15, 0.2) is 34.8 Å². The van der Waals surface area contributed by atoms with E-state index in [-0.39, 0.29) is 55.3 Å². The highest BCUT2D eigenvalue weighted by atomic mass is 16.5. The number of nitrogen functional groups attached to an aromatic ring is 1. The Balaban J connectivity index is 0.889. The molecule has 0 radical (unpaired) electrons. The maximum Gasteiger partial charge on any atom is 0.351 e. The molecule has 3 atom stereocenters. The van der Waals surface area contributed by atoms with Gasteiger partial charge in [0.25, 0.3) is 0 Å². The van der Waals surface area contributed by atoms with Gasteiger partial charge in [-0.05, 0) is 99.7 Å². The van der Waals surface area contributed by atoms with Gasteiger partial charge in [-0.15, -0.1) is 0 Å². The maximum absolute atomic E-state index is 12.4. The molecule has 7 rings (SSSR count). The molecule has 4 aliphatic carbocycles. The van der Waals surface area contributed by atoms with Crippen LogP contribution in [0.3, 0.4) is 0 Å². The van der Waals surface area contributed by atoms with E-state index in [4.69, 9.17) is 19.9 Å². The van der Waals surface area contributed by atoms with Gasteiger partial charge in [-0.3, -0.25) is 14.2 Å². The summed E-state index contributed by atoms with van der Waals surface area (Å²) in [5.74, 6) is 9.68. The van der Waals surface area contributed by atoms with Crippen LogP contribution < -0.4 is 26.8 Å². The smallest absolute Gasteiger partial charge is 0.351 e. The van der Waals surface area contributed by atoms with Crippen molar-refractivity contribution in [1.29, 1.82) is 0 Å². The number of nitrogens with two attached hydrogens (primary N) is 1. The van der Waals surface area contributed by atoms with Crippen LogP contribution >= 0.6 is 0 Å². The summed E-state index contributed by atoms with van der Waals surface area (Å²) in [5, 5.41) is 26.3. The molecule has 286 valence electrons. The van der Waals surface area contributed by atoms with Crippen LogP contribution in [0.5, 0.6) is 11.5 Å². The molecule has 1 aromatic heterocycles. The maximum atomic E-state index is 12.4. The van der Waals surface area contributed by atoms with Gasteiger partial charge in [0.05, 0.1) is 37.5 Å². The number of aromatic hydroxyl groups is 1. The fourth-order valence-corrected chi connectivity index (χ4v) is 8.73. The highest BCUT2D eigenvalue weighted by Crippen LogP contribution is 2.58. The molecule has 13 nitrogen and oxygen atoms in total. The number of nitrogens with zero attached hydrogens (tertiary/aromatic N) is 2. The molecule has 3 unspecified atom stereocenters. The zero-order valence-electron chi connectivity index (χ0n) is 30.8. The minimum absolute atomic E-state index is 0.0295. The molecule has 2 amide bonds. The van der Waals surface area contributed by atoms with E-state index in [2.05, 4.69) is 27.5 Å². The molecule has 5 fully saturated rings. The predicted octanol–water partition coefficient (Wildman–Crippen LogP) is 4.02. The van der Waals surface area contributed by atoms with Crippen LogP contribution in [0, 0.1) is 35.5 Å². The number of anilines is 1. The van der Waals surface area contributed by atoms with E-state index < -0.39 is 18.0 Å². The van der Waals surface area contributed by atoms with Crippen LogP contribution in [0.4, 0.5) is 5.82 Å². The van der Waals surface area contributed by atoms with Crippen molar-refractivity contribution in [3.05, 3.63) is 51.6 Å². The Bertz CT molecular complexity index is 1760.